The van der Waals surface area contributed by atoms with Crippen molar-refractivity contribution in [3.63, 3.8) is 0 Å². The molecule has 2 atom stereocenters. The first-order valence-corrected chi connectivity index (χ1v) is 14.7. The van der Waals surface area contributed by atoms with E-state index in [2.05, 4.69) is 60.2 Å². The molecule has 1 saturated heterocycles. The minimum absolute atomic E-state index is 0.0231. The monoisotopic (exact) mass is 542 g/mol. The number of nitrogens with one attached hydrogen (secondary N) is 2. The van der Waals surface area contributed by atoms with Crippen LogP contribution in [0.4, 0.5) is 11.4 Å². The van der Waals surface area contributed by atoms with Crippen molar-refractivity contribution >= 4 is 34.1 Å². The molecule has 2 aliphatic carbocycles. The van der Waals surface area contributed by atoms with Gasteiger partial charge < -0.3 is 24.8 Å². The number of aromatic nitrogens is 1. The molecule has 7 heteroatoms. The van der Waals surface area contributed by atoms with E-state index in [-0.39, 0.29) is 29.2 Å². The lowest BCUT2D eigenvalue weighted by Crippen LogP contribution is -2.56. The number of hydrogen-bond donors (Lipinski definition) is 2. The van der Waals surface area contributed by atoms with Crippen LogP contribution in [0.3, 0.4) is 0 Å². The number of rotatable bonds is 8. The van der Waals surface area contributed by atoms with Crippen molar-refractivity contribution in [3.8, 4) is 0 Å². The number of amides is 2. The van der Waals surface area contributed by atoms with Gasteiger partial charge in [0.2, 0.25) is 11.8 Å². The maximum absolute atomic E-state index is 14.0. The van der Waals surface area contributed by atoms with Gasteiger partial charge >= 0.3 is 0 Å². The van der Waals surface area contributed by atoms with E-state index in [4.69, 9.17) is 4.74 Å². The zero-order valence-electron chi connectivity index (χ0n) is 24.4. The Morgan fingerprint density at radius 3 is 2.42 bits per heavy atom. The standard InChI is InChI=1S/C33H42N4O3/c1-21-29(25-8-6-7-9-27(25)34-21)30-26(32(30,2)3)20-28(38)37(24-14-15-24)33(4,5)31(39)35-22-10-12-23(13-11-22)36-16-18-40-19-17-36/h6-13,24,26,30,34H,14-20H2,1-5H3,(H,35,39). The topological polar surface area (TPSA) is 77.7 Å². The lowest BCUT2D eigenvalue weighted by molar-refractivity contribution is -0.144. The van der Waals surface area contributed by atoms with Crippen molar-refractivity contribution in [2.24, 2.45) is 11.3 Å². The molecule has 40 heavy (non-hydrogen) atoms. The first-order chi connectivity index (χ1) is 19.1. The number of nitrogens with zero attached hydrogens (tertiary/aromatic N) is 2. The Bertz CT molecular complexity index is 1410. The summed E-state index contributed by atoms with van der Waals surface area (Å²) >= 11 is 0. The number of ether oxygens (including phenoxy) is 1. The van der Waals surface area contributed by atoms with Crippen molar-refractivity contribution < 1.29 is 14.3 Å². The molecule has 7 nitrogen and oxygen atoms in total. The number of aromatic amines is 1. The molecule has 2 amide bonds. The van der Waals surface area contributed by atoms with E-state index in [1.54, 1.807) is 0 Å². The summed E-state index contributed by atoms with van der Waals surface area (Å²) < 4.78 is 5.45. The number of carbonyl (C=O) groups is 2. The average Bonchev–Trinajstić information content (AvgIpc) is 3.81. The Labute approximate surface area is 237 Å². The van der Waals surface area contributed by atoms with Crippen molar-refractivity contribution in [1.82, 2.24) is 9.88 Å². The molecule has 2 heterocycles. The van der Waals surface area contributed by atoms with Gasteiger partial charge in [-0.3, -0.25) is 9.59 Å². The number of para-hydroxylation sites is 1. The number of hydrogen-bond acceptors (Lipinski definition) is 4. The molecule has 2 saturated carbocycles. The highest BCUT2D eigenvalue weighted by Gasteiger charge is 2.60. The number of aryl methyl sites for hydroxylation is 1. The van der Waals surface area contributed by atoms with Crippen LogP contribution in [0.25, 0.3) is 10.9 Å². The van der Waals surface area contributed by atoms with Gasteiger partial charge in [-0.05, 0) is 86.8 Å². The Hall–Kier alpha value is -3.32. The zero-order valence-corrected chi connectivity index (χ0v) is 24.4. The lowest BCUT2D eigenvalue weighted by atomic mass is 9.98. The third-order valence-electron chi connectivity index (χ3n) is 9.54. The molecule has 6 rings (SSSR count). The molecule has 3 fully saturated rings. The summed E-state index contributed by atoms with van der Waals surface area (Å²) in [5.74, 6) is 0.496. The van der Waals surface area contributed by atoms with Gasteiger partial charge in [0.25, 0.3) is 0 Å². The first-order valence-electron chi connectivity index (χ1n) is 14.7. The summed E-state index contributed by atoms with van der Waals surface area (Å²) in [5, 5.41) is 4.35. The smallest absolute Gasteiger partial charge is 0.249 e. The van der Waals surface area contributed by atoms with Crippen molar-refractivity contribution in [2.45, 2.75) is 71.4 Å². The van der Waals surface area contributed by atoms with E-state index < -0.39 is 5.54 Å². The van der Waals surface area contributed by atoms with Crippen molar-refractivity contribution in [2.75, 3.05) is 36.5 Å². The van der Waals surface area contributed by atoms with Gasteiger partial charge in [0, 0.05) is 53.5 Å². The maximum atomic E-state index is 14.0. The largest absolute Gasteiger partial charge is 0.378 e. The van der Waals surface area contributed by atoms with Crippen LogP contribution in [-0.4, -0.2) is 59.6 Å². The molecule has 1 aromatic heterocycles. The quantitative estimate of drug-likeness (QED) is 0.374. The fourth-order valence-corrected chi connectivity index (χ4v) is 6.96. The number of fused-ring (bicyclic) bond motifs is 1. The van der Waals surface area contributed by atoms with Gasteiger partial charge in [-0.15, -0.1) is 0 Å². The summed E-state index contributed by atoms with van der Waals surface area (Å²) in [5.41, 5.74) is 4.63. The van der Waals surface area contributed by atoms with Crippen LogP contribution in [0, 0.1) is 18.3 Å². The van der Waals surface area contributed by atoms with Gasteiger partial charge in [0.05, 0.1) is 13.2 Å². The third kappa shape index (κ3) is 4.78. The van der Waals surface area contributed by atoms with Gasteiger partial charge in [0.15, 0.2) is 0 Å². The fourth-order valence-electron chi connectivity index (χ4n) is 6.96. The summed E-state index contributed by atoms with van der Waals surface area (Å²) in [6.45, 7) is 13.7. The molecule has 0 bridgehead atoms. The van der Waals surface area contributed by atoms with Crippen molar-refractivity contribution in [1.29, 1.82) is 0 Å². The van der Waals surface area contributed by atoms with Crippen LogP contribution < -0.4 is 10.2 Å². The molecule has 2 aromatic carbocycles. The minimum atomic E-state index is -0.952. The van der Waals surface area contributed by atoms with Gasteiger partial charge in [0.1, 0.15) is 5.54 Å². The second kappa shape index (κ2) is 9.95. The minimum Gasteiger partial charge on any atom is -0.378 e. The molecule has 0 spiro atoms. The molecule has 1 aliphatic heterocycles. The second-order valence-corrected chi connectivity index (χ2v) is 13.0. The van der Waals surface area contributed by atoms with E-state index in [1.807, 2.05) is 43.0 Å². The molecule has 2 unspecified atom stereocenters. The highest BCUT2D eigenvalue weighted by atomic mass is 16.5. The van der Waals surface area contributed by atoms with E-state index >= 15 is 0 Å². The summed E-state index contributed by atoms with van der Waals surface area (Å²) in [7, 11) is 0. The molecular weight excluding hydrogens is 500 g/mol. The molecule has 2 N–H and O–H groups in total. The number of benzene rings is 2. The van der Waals surface area contributed by atoms with Crippen molar-refractivity contribution in [3.05, 3.63) is 59.8 Å². The van der Waals surface area contributed by atoms with Gasteiger partial charge in [-0.2, -0.15) is 0 Å². The summed E-state index contributed by atoms with van der Waals surface area (Å²) in [6.07, 6.45) is 2.36. The predicted molar refractivity (Wildman–Crippen MR) is 160 cm³/mol. The normalized spacial score (nSPS) is 22.3. The van der Waals surface area contributed by atoms with Crippen LogP contribution in [0.2, 0.25) is 0 Å². The zero-order chi connectivity index (χ0) is 28.2. The van der Waals surface area contributed by atoms with Crippen LogP contribution >= 0.6 is 0 Å². The fraction of sp³-hybridized carbons (Fsp3) is 0.515. The summed E-state index contributed by atoms with van der Waals surface area (Å²) in [4.78, 5) is 35.3. The first kappa shape index (κ1) is 26.9. The summed E-state index contributed by atoms with van der Waals surface area (Å²) in [6, 6.07) is 16.5. The highest BCUT2D eigenvalue weighted by Crippen LogP contribution is 2.67. The predicted octanol–water partition coefficient (Wildman–Crippen LogP) is 5.85. The molecule has 212 valence electrons. The van der Waals surface area contributed by atoms with E-state index in [0.29, 0.717) is 12.3 Å². The van der Waals surface area contributed by atoms with E-state index in [9.17, 15) is 9.59 Å². The molecular formula is C33H42N4O3. The second-order valence-electron chi connectivity index (χ2n) is 13.0. The van der Waals surface area contributed by atoms with Crippen LogP contribution in [0.5, 0.6) is 0 Å². The molecule has 3 aromatic rings. The van der Waals surface area contributed by atoms with Crippen LogP contribution in [-0.2, 0) is 14.3 Å². The Kier molecular flexibility index (Phi) is 6.68. The number of anilines is 2. The lowest BCUT2D eigenvalue weighted by Gasteiger charge is -2.38. The number of H-pyrrole nitrogens is 1. The SMILES string of the molecule is Cc1[nH]c2ccccc2c1C1C(CC(=O)N(C2CC2)C(C)(C)C(=O)Nc2ccc(N3CCOCC3)cc2)C1(C)C. The average molecular weight is 543 g/mol. The number of morpholine rings is 1. The van der Waals surface area contributed by atoms with E-state index in [0.717, 1.165) is 56.0 Å². The van der Waals surface area contributed by atoms with Gasteiger partial charge in [-0.1, -0.05) is 32.0 Å². The van der Waals surface area contributed by atoms with E-state index in [1.165, 1.54) is 16.6 Å². The molecule has 3 aliphatic rings. The molecule has 0 radical (unpaired) electrons. The van der Waals surface area contributed by atoms with Gasteiger partial charge in [-0.25, -0.2) is 0 Å². The van der Waals surface area contributed by atoms with Crippen LogP contribution in [0.15, 0.2) is 48.5 Å². The Morgan fingerprint density at radius 1 is 1.07 bits per heavy atom. The number of carbonyl (C=O) groups excluding carboxylic acids is 2. The van der Waals surface area contributed by atoms with Crippen LogP contribution in [0.1, 0.15) is 64.1 Å². The highest BCUT2D eigenvalue weighted by molar-refractivity contribution is 6.00. The Balaban J connectivity index is 1.16. The maximum Gasteiger partial charge on any atom is 0.249 e. The Morgan fingerprint density at radius 2 is 1.75 bits per heavy atom. The third-order valence-corrected chi connectivity index (χ3v) is 9.54.